The quantitative estimate of drug-likeness (QED) is 0.451. The molecule has 3 N–H and O–H groups in total. The van der Waals surface area contributed by atoms with Crippen LogP contribution in [0.1, 0.15) is 52.3 Å². The second kappa shape index (κ2) is 7.56. The van der Waals surface area contributed by atoms with Crippen LogP contribution in [-0.2, 0) is 11.2 Å². The first-order chi connectivity index (χ1) is 15.4. The molecule has 0 saturated heterocycles. The SMILES string of the molecule is Cc1cc2nc(-c3cc([C@@H](C)NC(=O)c4ncnc5c4CCC(=O)N5)on3)[nH]c2cc1C. The number of hydrogen-bond acceptors (Lipinski definition) is 7. The highest BCUT2D eigenvalue weighted by molar-refractivity contribution is 5.99. The van der Waals surface area contributed by atoms with Crippen LogP contribution in [-0.4, -0.2) is 36.9 Å². The number of aromatic nitrogens is 5. The van der Waals surface area contributed by atoms with Gasteiger partial charge in [0.25, 0.3) is 5.91 Å². The Morgan fingerprint density at radius 2 is 1.97 bits per heavy atom. The maximum absolute atomic E-state index is 12.8. The van der Waals surface area contributed by atoms with Crippen LogP contribution >= 0.6 is 0 Å². The molecule has 1 atom stereocenters. The molecule has 1 aliphatic heterocycles. The van der Waals surface area contributed by atoms with E-state index in [1.807, 2.05) is 13.0 Å². The predicted octanol–water partition coefficient (Wildman–Crippen LogP) is 3.00. The Labute approximate surface area is 182 Å². The number of carbonyl (C=O) groups excluding carboxylic acids is 2. The maximum atomic E-state index is 12.8. The fourth-order valence-corrected chi connectivity index (χ4v) is 3.72. The number of carbonyl (C=O) groups is 2. The maximum Gasteiger partial charge on any atom is 0.270 e. The van der Waals surface area contributed by atoms with E-state index < -0.39 is 6.04 Å². The lowest BCUT2D eigenvalue weighted by Gasteiger charge is -2.18. The first-order valence-corrected chi connectivity index (χ1v) is 10.3. The van der Waals surface area contributed by atoms with E-state index in [1.54, 1.807) is 13.0 Å². The van der Waals surface area contributed by atoms with E-state index in [-0.39, 0.29) is 23.9 Å². The van der Waals surface area contributed by atoms with Crippen molar-refractivity contribution < 1.29 is 14.1 Å². The first-order valence-electron chi connectivity index (χ1n) is 10.3. The third-order valence-corrected chi connectivity index (χ3v) is 5.66. The zero-order valence-electron chi connectivity index (χ0n) is 17.8. The van der Waals surface area contributed by atoms with Gasteiger partial charge in [-0.1, -0.05) is 5.16 Å². The van der Waals surface area contributed by atoms with E-state index >= 15 is 0 Å². The highest BCUT2D eigenvalue weighted by atomic mass is 16.5. The number of anilines is 1. The van der Waals surface area contributed by atoms with Crippen molar-refractivity contribution >= 4 is 28.7 Å². The van der Waals surface area contributed by atoms with Gasteiger partial charge in [-0.3, -0.25) is 9.59 Å². The minimum absolute atomic E-state index is 0.124. The molecule has 10 heteroatoms. The smallest absolute Gasteiger partial charge is 0.270 e. The Kier molecular flexibility index (Phi) is 4.69. The Hall–Kier alpha value is -4.08. The summed E-state index contributed by atoms with van der Waals surface area (Å²) in [5.74, 6) is 0.962. The van der Waals surface area contributed by atoms with Crippen molar-refractivity contribution in [2.45, 2.75) is 39.7 Å². The van der Waals surface area contributed by atoms with Gasteiger partial charge in [0.05, 0.1) is 17.1 Å². The van der Waals surface area contributed by atoms with Crippen LogP contribution in [0.25, 0.3) is 22.6 Å². The molecule has 0 saturated carbocycles. The van der Waals surface area contributed by atoms with E-state index in [0.29, 0.717) is 35.1 Å². The largest absolute Gasteiger partial charge is 0.358 e. The molecule has 0 radical (unpaired) electrons. The molecule has 3 aromatic heterocycles. The number of nitrogens with one attached hydrogen (secondary N) is 3. The second-order valence-corrected chi connectivity index (χ2v) is 7.95. The zero-order valence-corrected chi connectivity index (χ0v) is 17.8. The number of aromatic amines is 1. The molecule has 10 nitrogen and oxygen atoms in total. The second-order valence-electron chi connectivity index (χ2n) is 7.95. The summed E-state index contributed by atoms with van der Waals surface area (Å²) in [6, 6.07) is 5.37. The van der Waals surface area contributed by atoms with Crippen molar-refractivity contribution in [3.05, 3.63) is 52.7 Å². The number of H-pyrrole nitrogens is 1. The third kappa shape index (κ3) is 3.49. The van der Waals surface area contributed by atoms with E-state index in [2.05, 4.69) is 48.7 Å². The number of amides is 2. The molecule has 5 rings (SSSR count). The standard InChI is InChI=1S/C22H21N7O3/c1-10-6-14-15(7-11(10)2)27-21(26-14)16-8-17(32-29-16)12(3)25-22(31)19-13-4-5-18(30)28-20(13)24-9-23-19/h6-9,12H,4-5H2,1-3H3,(H,25,31)(H,26,27)(H,23,24,28,30)/t12-/m1/s1. The van der Waals surface area contributed by atoms with Crippen LogP contribution < -0.4 is 10.6 Å². The van der Waals surface area contributed by atoms with Crippen LogP contribution in [0.15, 0.2) is 29.0 Å². The molecule has 0 unspecified atom stereocenters. The molecular formula is C22H21N7O3. The minimum Gasteiger partial charge on any atom is -0.358 e. The van der Waals surface area contributed by atoms with Gasteiger partial charge >= 0.3 is 0 Å². The van der Waals surface area contributed by atoms with E-state index in [9.17, 15) is 9.59 Å². The number of imidazole rings is 1. The average Bonchev–Trinajstić information content (AvgIpc) is 3.40. The summed E-state index contributed by atoms with van der Waals surface area (Å²) in [5.41, 5.74) is 5.54. The van der Waals surface area contributed by atoms with Crippen molar-refractivity contribution in [3.8, 4) is 11.5 Å². The number of rotatable bonds is 4. The average molecular weight is 431 g/mol. The summed E-state index contributed by atoms with van der Waals surface area (Å²) in [7, 11) is 0. The summed E-state index contributed by atoms with van der Waals surface area (Å²) in [6.45, 7) is 5.89. The van der Waals surface area contributed by atoms with E-state index in [1.165, 1.54) is 17.5 Å². The predicted molar refractivity (Wildman–Crippen MR) is 116 cm³/mol. The van der Waals surface area contributed by atoms with Gasteiger partial charge in [-0.15, -0.1) is 0 Å². The van der Waals surface area contributed by atoms with E-state index in [0.717, 1.165) is 11.0 Å². The van der Waals surface area contributed by atoms with Crippen LogP contribution in [0.3, 0.4) is 0 Å². The van der Waals surface area contributed by atoms with Crippen LogP contribution in [0.4, 0.5) is 5.82 Å². The van der Waals surface area contributed by atoms with Crippen LogP contribution in [0, 0.1) is 13.8 Å². The van der Waals surface area contributed by atoms with Crippen molar-refractivity contribution in [2.75, 3.05) is 5.32 Å². The lowest BCUT2D eigenvalue weighted by Crippen LogP contribution is -2.30. The zero-order chi connectivity index (χ0) is 22.4. The Morgan fingerprint density at radius 3 is 2.81 bits per heavy atom. The molecule has 2 amide bonds. The normalized spacial score (nSPS) is 14.2. The summed E-state index contributed by atoms with van der Waals surface area (Å²) in [5, 5.41) is 9.66. The molecular weight excluding hydrogens is 410 g/mol. The molecule has 32 heavy (non-hydrogen) atoms. The third-order valence-electron chi connectivity index (χ3n) is 5.66. The molecule has 4 aromatic rings. The Morgan fingerprint density at radius 1 is 1.16 bits per heavy atom. The van der Waals surface area contributed by atoms with Gasteiger partial charge in [-0.05, 0) is 50.5 Å². The van der Waals surface area contributed by atoms with Crippen molar-refractivity contribution in [3.63, 3.8) is 0 Å². The Bertz CT molecular complexity index is 1330. The first kappa shape index (κ1) is 19.9. The number of hydrogen-bond donors (Lipinski definition) is 3. The summed E-state index contributed by atoms with van der Waals surface area (Å²) >= 11 is 0. The molecule has 4 heterocycles. The van der Waals surface area contributed by atoms with Crippen LogP contribution in [0.2, 0.25) is 0 Å². The van der Waals surface area contributed by atoms with Gasteiger partial charge in [0.2, 0.25) is 5.91 Å². The van der Waals surface area contributed by atoms with E-state index in [4.69, 9.17) is 4.52 Å². The lowest BCUT2D eigenvalue weighted by molar-refractivity contribution is -0.116. The van der Waals surface area contributed by atoms with Gasteiger partial charge in [-0.25, -0.2) is 15.0 Å². The molecule has 162 valence electrons. The number of fused-ring (bicyclic) bond motifs is 2. The number of aryl methyl sites for hydroxylation is 2. The fourth-order valence-electron chi connectivity index (χ4n) is 3.72. The van der Waals surface area contributed by atoms with Gasteiger partial charge in [0.15, 0.2) is 11.6 Å². The van der Waals surface area contributed by atoms with Gasteiger partial charge in [-0.2, -0.15) is 0 Å². The van der Waals surface area contributed by atoms with Crippen molar-refractivity contribution in [2.24, 2.45) is 0 Å². The Balaban J connectivity index is 1.36. The summed E-state index contributed by atoms with van der Waals surface area (Å²) < 4.78 is 5.47. The molecule has 0 aliphatic carbocycles. The molecule has 1 aliphatic rings. The topological polar surface area (TPSA) is 139 Å². The summed E-state index contributed by atoms with van der Waals surface area (Å²) in [6.07, 6.45) is 1.97. The lowest BCUT2D eigenvalue weighted by atomic mass is 10.0. The van der Waals surface area contributed by atoms with Gasteiger partial charge in [0, 0.05) is 18.1 Å². The van der Waals surface area contributed by atoms with Crippen molar-refractivity contribution in [1.29, 1.82) is 0 Å². The highest BCUT2D eigenvalue weighted by Crippen LogP contribution is 2.26. The monoisotopic (exact) mass is 431 g/mol. The molecule has 0 spiro atoms. The minimum atomic E-state index is -0.457. The van der Waals surface area contributed by atoms with Gasteiger partial charge < -0.3 is 20.1 Å². The number of nitrogens with zero attached hydrogens (tertiary/aromatic N) is 4. The summed E-state index contributed by atoms with van der Waals surface area (Å²) in [4.78, 5) is 40.5. The van der Waals surface area contributed by atoms with Gasteiger partial charge in [0.1, 0.15) is 23.5 Å². The fraction of sp³-hybridized carbons (Fsp3) is 0.273. The van der Waals surface area contributed by atoms with Crippen molar-refractivity contribution in [1.82, 2.24) is 30.4 Å². The number of benzene rings is 1. The molecule has 1 aromatic carbocycles. The highest BCUT2D eigenvalue weighted by Gasteiger charge is 2.25. The van der Waals surface area contributed by atoms with Crippen LogP contribution in [0.5, 0.6) is 0 Å². The molecule has 0 bridgehead atoms. The molecule has 0 fully saturated rings.